The van der Waals surface area contributed by atoms with Gasteiger partial charge in [0.2, 0.25) is 11.8 Å². The summed E-state index contributed by atoms with van der Waals surface area (Å²) in [5.41, 5.74) is 0. The predicted octanol–water partition coefficient (Wildman–Crippen LogP) is 0.581. The van der Waals surface area contributed by atoms with Crippen molar-refractivity contribution in [2.45, 2.75) is 32.4 Å². The highest BCUT2D eigenvalue weighted by molar-refractivity contribution is 4.94. The van der Waals surface area contributed by atoms with Crippen LogP contribution in [0.2, 0.25) is 0 Å². The summed E-state index contributed by atoms with van der Waals surface area (Å²) in [5.74, 6) is 2.43. The van der Waals surface area contributed by atoms with E-state index in [1.54, 1.807) is 6.92 Å². The van der Waals surface area contributed by atoms with E-state index in [0.717, 1.165) is 32.5 Å². The molecule has 0 aromatic carbocycles. The molecule has 0 bridgehead atoms. The van der Waals surface area contributed by atoms with Crippen molar-refractivity contribution in [1.82, 2.24) is 15.1 Å². The fraction of sp³-hybridized carbons (Fsp3) is 0.818. The first-order valence-electron chi connectivity index (χ1n) is 5.92. The number of aliphatic hydroxyl groups excluding tert-OH is 1. The van der Waals surface area contributed by atoms with Crippen molar-refractivity contribution in [2.75, 3.05) is 13.1 Å². The summed E-state index contributed by atoms with van der Waals surface area (Å²) >= 11 is 0. The zero-order valence-corrected chi connectivity index (χ0v) is 9.46. The third kappa shape index (κ3) is 1.74. The number of hydrogen-bond donors (Lipinski definition) is 1. The van der Waals surface area contributed by atoms with Crippen molar-refractivity contribution in [3.8, 4) is 0 Å². The molecule has 16 heavy (non-hydrogen) atoms. The summed E-state index contributed by atoms with van der Waals surface area (Å²) in [6.07, 6.45) is 2.04. The van der Waals surface area contributed by atoms with Crippen LogP contribution in [0.25, 0.3) is 0 Å². The fourth-order valence-electron chi connectivity index (χ4n) is 3.05. The van der Waals surface area contributed by atoms with E-state index < -0.39 is 0 Å². The number of fused-ring (bicyclic) bond motifs is 1. The Labute approximate surface area is 94.5 Å². The molecule has 1 saturated heterocycles. The number of rotatable bonds is 2. The molecular formula is C11H17N3O2. The van der Waals surface area contributed by atoms with Crippen LogP contribution in [0.5, 0.6) is 0 Å². The van der Waals surface area contributed by atoms with Crippen LogP contribution in [-0.2, 0) is 6.54 Å². The average molecular weight is 223 g/mol. The lowest BCUT2D eigenvalue weighted by Gasteiger charge is -2.15. The second-order valence-corrected chi connectivity index (χ2v) is 4.98. The van der Waals surface area contributed by atoms with Crippen molar-refractivity contribution in [3.05, 3.63) is 11.8 Å². The lowest BCUT2D eigenvalue weighted by molar-refractivity contribution is 0.122. The quantitative estimate of drug-likeness (QED) is 0.794. The number of aryl methyl sites for hydroxylation is 1. The predicted molar refractivity (Wildman–Crippen MR) is 56.5 cm³/mol. The zero-order chi connectivity index (χ0) is 11.1. The Bertz CT molecular complexity index is 379. The molecule has 2 aliphatic rings. The van der Waals surface area contributed by atoms with Gasteiger partial charge in [-0.15, -0.1) is 10.2 Å². The van der Waals surface area contributed by atoms with Gasteiger partial charge in [0.25, 0.3) is 0 Å². The average Bonchev–Trinajstić information content (AvgIpc) is 2.88. The van der Waals surface area contributed by atoms with Crippen LogP contribution >= 0.6 is 0 Å². The maximum absolute atomic E-state index is 9.81. The van der Waals surface area contributed by atoms with E-state index in [1.807, 2.05) is 0 Å². The normalized spacial score (nSPS) is 34.5. The number of hydrogen-bond acceptors (Lipinski definition) is 5. The van der Waals surface area contributed by atoms with Gasteiger partial charge in [-0.05, 0) is 18.8 Å². The molecule has 1 aromatic rings. The van der Waals surface area contributed by atoms with Crippen molar-refractivity contribution in [1.29, 1.82) is 0 Å². The molecule has 5 nitrogen and oxygen atoms in total. The standard InChI is InChI=1S/C11H17N3O2/c1-7-12-13-11(16-7)6-14-4-8-2-3-10(15)9(8)5-14/h8-10,15H,2-6H2,1H3. The molecule has 1 aliphatic heterocycles. The Morgan fingerprint density at radius 1 is 1.38 bits per heavy atom. The highest BCUT2D eigenvalue weighted by Crippen LogP contribution is 2.38. The van der Waals surface area contributed by atoms with Gasteiger partial charge >= 0.3 is 0 Å². The molecule has 3 atom stereocenters. The first-order valence-corrected chi connectivity index (χ1v) is 5.92. The molecule has 0 radical (unpaired) electrons. The minimum Gasteiger partial charge on any atom is -0.424 e. The Morgan fingerprint density at radius 3 is 2.94 bits per heavy atom. The molecule has 3 rings (SSSR count). The molecule has 2 heterocycles. The second-order valence-electron chi connectivity index (χ2n) is 4.98. The first-order chi connectivity index (χ1) is 7.72. The molecule has 1 aromatic heterocycles. The minimum atomic E-state index is -0.0978. The number of aliphatic hydroxyl groups is 1. The monoisotopic (exact) mass is 223 g/mol. The summed E-state index contributed by atoms with van der Waals surface area (Å²) in [6.45, 7) is 4.55. The van der Waals surface area contributed by atoms with Crippen LogP contribution in [0.4, 0.5) is 0 Å². The maximum atomic E-state index is 9.81. The smallest absolute Gasteiger partial charge is 0.230 e. The van der Waals surface area contributed by atoms with Crippen molar-refractivity contribution < 1.29 is 9.52 Å². The largest absolute Gasteiger partial charge is 0.424 e. The highest BCUT2D eigenvalue weighted by atomic mass is 16.4. The molecule has 0 spiro atoms. The SMILES string of the molecule is Cc1nnc(CN2CC3CCC(O)C3C2)o1. The van der Waals surface area contributed by atoms with Crippen LogP contribution < -0.4 is 0 Å². The summed E-state index contributed by atoms with van der Waals surface area (Å²) in [6, 6.07) is 0. The Morgan fingerprint density at radius 2 is 2.25 bits per heavy atom. The van der Waals surface area contributed by atoms with Crippen LogP contribution in [0, 0.1) is 18.8 Å². The second kappa shape index (κ2) is 3.82. The summed E-state index contributed by atoms with van der Waals surface area (Å²) in [4.78, 5) is 2.31. The Balaban J connectivity index is 1.62. The Kier molecular flexibility index (Phi) is 2.44. The summed E-state index contributed by atoms with van der Waals surface area (Å²) in [5, 5.41) is 17.6. The maximum Gasteiger partial charge on any atom is 0.230 e. The number of likely N-dealkylation sites (tertiary alicyclic amines) is 1. The van der Waals surface area contributed by atoms with E-state index in [4.69, 9.17) is 4.42 Å². The number of aromatic nitrogens is 2. The molecule has 1 saturated carbocycles. The van der Waals surface area contributed by atoms with Gasteiger partial charge in [0.05, 0.1) is 12.6 Å². The molecule has 3 unspecified atom stereocenters. The van der Waals surface area contributed by atoms with E-state index in [0.29, 0.717) is 23.6 Å². The van der Waals surface area contributed by atoms with Crippen molar-refractivity contribution in [2.24, 2.45) is 11.8 Å². The van der Waals surface area contributed by atoms with E-state index in [1.165, 1.54) is 0 Å². The van der Waals surface area contributed by atoms with E-state index in [9.17, 15) is 5.11 Å². The summed E-state index contributed by atoms with van der Waals surface area (Å²) < 4.78 is 5.37. The zero-order valence-electron chi connectivity index (χ0n) is 9.46. The fourth-order valence-corrected chi connectivity index (χ4v) is 3.05. The van der Waals surface area contributed by atoms with Crippen molar-refractivity contribution in [3.63, 3.8) is 0 Å². The van der Waals surface area contributed by atoms with Gasteiger partial charge in [0.1, 0.15) is 0 Å². The van der Waals surface area contributed by atoms with E-state index in [-0.39, 0.29) is 6.10 Å². The van der Waals surface area contributed by atoms with Gasteiger partial charge in [0.15, 0.2) is 0 Å². The van der Waals surface area contributed by atoms with Gasteiger partial charge in [-0.25, -0.2) is 0 Å². The van der Waals surface area contributed by atoms with Crippen LogP contribution in [-0.4, -0.2) is 39.4 Å². The lowest BCUT2D eigenvalue weighted by atomic mass is 10.00. The van der Waals surface area contributed by atoms with Crippen LogP contribution in [0.15, 0.2) is 4.42 Å². The lowest BCUT2D eigenvalue weighted by Crippen LogP contribution is -2.24. The van der Waals surface area contributed by atoms with Gasteiger partial charge in [-0.1, -0.05) is 0 Å². The van der Waals surface area contributed by atoms with E-state index in [2.05, 4.69) is 15.1 Å². The first kappa shape index (κ1) is 10.2. The molecular weight excluding hydrogens is 206 g/mol. The highest BCUT2D eigenvalue weighted by Gasteiger charge is 2.41. The number of nitrogens with zero attached hydrogens (tertiary/aromatic N) is 3. The van der Waals surface area contributed by atoms with Crippen molar-refractivity contribution >= 4 is 0 Å². The molecule has 0 amide bonds. The summed E-state index contributed by atoms with van der Waals surface area (Å²) in [7, 11) is 0. The van der Waals surface area contributed by atoms with Gasteiger partial charge in [-0.2, -0.15) is 0 Å². The molecule has 88 valence electrons. The molecule has 5 heteroatoms. The van der Waals surface area contributed by atoms with Crippen LogP contribution in [0.3, 0.4) is 0 Å². The molecule has 2 fully saturated rings. The molecule has 1 aliphatic carbocycles. The minimum absolute atomic E-state index is 0.0978. The van der Waals surface area contributed by atoms with E-state index >= 15 is 0 Å². The molecule has 1 N–H and O–H groups in total. The van der Waals surface area contributed by atoms with Gasteiger partial charge < -0.3 is 9.52 Å². The topological polar surface area (TPSA) is 62.4 Å². The van der Waals surface area contributed by atoms with Gasteiger partial charge in [0, 0.05) is 25.9 Å². The third-order valence-electron chi connectivity index (χ3n) is 3.82. The van der Waals surface area contributed by atoms with Gasteiger partial charge in [-0.3, -0.25) is 4.90 Å². The third-order valence-corrected chi connectivity index (χ3v) is 3.82. The van der Waals surface area contributed by atoms with Crippen LogP contribution in [0.1, 0.15) is 24.6 Å². The Hall–Kier alpha value is -0.940.